The van der Waals surface area contributed by atoms with Gasteiger partial charge in [-0.25, -0.2) is 4.39 Å². The molecule has 2 N–H and O–H groups in total. The molecule has 1 aromatic rings. The SMILES string of the molecule is CCC1(CC)CCN(c2ccc(C(N)=S)c(Br)c2F)C1. The second-order valence-corrected chi connectivity index (χ2v) is 6.74. The van der Waals surface area contributed by atoms with Gasteiger partial charge >= 0.3 is 0 Å². The summed E-state index contributed by atoms with van der Waals surface area (Å²) in [6.45, 7) is 6.25. The number of hydrogen-bond donors (Lipinski definition) is 1. The zero-order chi connectivity index (χ0) is 14.9. The number of rotatable bonds is 4. The van der Waals surface area contributed by atoms with Crippen molar-refractivity contribution in [2.75, 3.05) is 18.0 Å². The van der Waals surface area contributed by atoms with Crippen molar-refractivity contribution in [2.45, 2.75) is 33.1 Å². The van der Waals surface area contributed by atoms with E-state index in [0.717, 1.165) is 32.4 Å². The quantitative estimate of drug-likeness (QED) is 0.816. The van der Waals surface area contributed by atoms with Crippen molar-refractivity contribution in [1.29, 1.82) is 0 Å². The molecular formula is C15H20BrFN2S. The highest BCUT2D eigenvalue weighted by Gasteiger charge is 2.36. The third-order valence-corrected chi connectivity index (χ3v) is 5.60. The van der Waals surface area contributed by atoms with Crippen LogP contribution in [0.3, 0.4) is 0 Å². The number of nitrogens with zero attached hydrogens (tertiary/aromatic N) is 1. The molecule has 1 heterocycles. The van der Waals surface area contributed by atoms with E-state index in [4.69, 9.17) is 18.0 Å². The van der Waals surface area contributed by atoms with Crippen molar-refractivity contribution < 1.29 is 4.39 Å². The van der Waals surface area contributed by atoms with Gasteiger partial charge in [0.2, 0.25) is 0 Å². The predicted octanol–water partition coefficient (Wildman–Crippen LogP) is 4.24. The Morgan fingerprint density at radius 1 is 1.45 bits per heavy atom. The molecule has 0 atom stereocenters. The molecule has 1 saturated heterocycles. The highest BCUT2D eigenvalue weighted by atomic mass is 79.9. The van der Waals surface area contributed by atoms with E-state index in [-0.39, 0.29) is 10.8 Å². The highest BCUT2D eigenvalue weighted by Crippen LogP contribution is 2.40. The molecule has 0 spiro atoms. The molecule has 20 heavy (non-hydrogen) atoms. The average Bonchev–Trinajstić information content (AvgIpc) is 2.86. The van der Waals surface area contributed by atoms with E-state index in [0.29, 0.717) is 21.1 Å². The zero-order valence-electron chi connectivity index (χ0n) is 11.9. The minimum Gasteiger partial charge on any atom is -0.389 e. The van der Waals surface area contributed by atoms with Gasteiger partial charge in [0.25, 0.3) is 0 Å². The van der Waals surface area contributed by atoms with E-state index in [1.807, 2.05) is 0 Å². The lowest BCUT2D eigenvalue weighted by Gasteiger charge is -2.27. The first-order valence-electron chi connectivity index (χ1n) is 6.97. The van der Waals surface area contributed by atoms with Gasteiger partial charge in [0, 0.05) is 18.7 Å². The molecule has 1 aliphatic rings. The van der Waals surface area contributed by atoms with E-state index in [2.05, 4.69) is 34.7 Å². The van der Waals surface area contributed by atoms with Crippen molar-refractivity contribution in [1.82, 2.24) is 0 Å². The molecule has 2 nitrogen and oxygen atoms in total. The van der Waals surface area contributed by atoms with Crippen LogP contribution in [0.5, 0.6) is 0 Å². The fourth-order valence-corrected chi connectivity index (χ4v) is 3.79. The van der Waals surface area contributed by atoms with Gasteiger partial charge in [-0.1, -0.05) is 26.1 Å². The van der Waals surface area contributed by atoms with Crippen LogP contribution in [0, 0.1) is 11.2 Å². The molecule has 1 fully saturated rings. The van der Waals surface area contributed by atoms with Crippen molar-refractivity contribution in [3.63, 3.8) is 0 Å². The van der Waals surface area contributed by atoms with Crippen LogP contribution in [0.1, 0.15) is 38.7 Å². The van der Waals surface area contributed by atoms with Crippen LogP contribution >= 0.6 is 28.1 Å². The number of hydrogen-bond acceptors (Lipinski definition) is 2. The lowest BCUT2D eigenvalue weighted by atomic mass is 9.82. The minimum absolute atomic E-state index is 0.209. The van der Waals surface area contributed by atoms with Crippen molar-refractivity contribution in [3.05, 3.63) is 28.0 Å². The molecule has 5 heteroatoms. The standard InChI is InChI=1S/C15H20BrFN2S/c1-3-15(4-2)7-8-19(9-15)11-6-5-10(14(18)20)12(16)13(11)17/h5-6H,3-4,7-9H2,1-2H3,(H2,18,20). The normalized spacial score (nSPS) is 17.5. The van der Waals surface area contributed by atoms with Crippen molar-refractivity contribution in [3.8, 4) is 0 Å². The van der Waals surface area contributed by atoms with Gasteiger partial charge in [-0.3, -0.25) is 0 Å². The van der Waals surface area contributed by atoms with Gasteiger partial charge in [-0.05, 0) is 52.7 Å². The summed E-state index contributed by atoms with van der Waals surface area (Å²) in [6.07, 6.45) is 3.38. The first-order chi connectivity index (χ1) is 9.44. The second kappa shape index (κ2) is 5.98. The van der Waals surface area contributed by atoms with E-state index >= 15 is 0 Å². The first-order valence-corrected chi connectivity index (χ1v) is 8.17. The maximum Gasteiger partial charge on any atom is 0.161 e. The Morgan fingerprint density at radius 2 is 2.10 bits per heavy atom. The van der Waals surface area contributed by atoms with E-state index < -0.39 is 0 Å². The fraction of sp³-hybridized carbons (Fsp3) is 0.533. The molecule has 0 aliphatic carbocycles. The number of halogens is 2. The Balaban J connectivity index is 2.32. The van der Waals surface area contributed by atoms with Crippen molar-refractivity contribution >= 4 is 38.8 Å². The minimum atomic E-state index is -0.265. The Labute approximate surface area is 133 Å². The molecular weight excluding hydrogens is 339 g/mol. The number of thiocarbonyl (C=S) groups is 1. The number of benzene rings is 1. The summed E-state index contributed by atoms with van der Waals surface area (Å²) in [6, 6.07) is 3.58. The molecule has 1 aromatic carbocycles. The van der Waals surface area contributed by atoms with Gasteiger partial charge in [-0.15, -0.1) is 0 Å². The van der Waals surface area contributed by atoms with Crippen molar-refractivity contribution in [2.24, 2.45) is 11.1 Å². The summed E-state index contributed by atoms with van der Waals surface area (Å²) >= 11 is 8.20. The summed E-state index contributed by atoms with van der Waals surface area (Å²) in [7, 11) is 0. The van der Waals surface area contributed by atoms with Gasteiger partial charge < -0.3 is 10.6 Å². The van der Waals surface area contributed by atoms with E-state index in [9.17, 15) is 4.39 Å². The molecule has 0 amide bonds. The van der Waals surface area contributed by atoms with Crippen LogP contribution in [-0.4, -0.2) is 18.1 Å². The predicted molar refractivity (Wildman–Crippen MR) is 89.8 cm³/mol. The molecule has 0 bridgehead atoms. The molecule has 1 aliphatic heterocycles. The summed E-state index contributed by atoms with van der Waals surface area (Å²) in [5, 5.41) is 0. The Kier molecular flexibility index (Phi) is 4.69. The summed E-state index contributed by atoms with van der Waals surface area (Å²) in [5.41, 5.74) is 7.11. The Morgan fingerprint density at radius 3 is 2.60 bits per heavy atom. The number of nitrogens with two attached hydrogens (primary N) is 1. The largest absolute Gasteiger partial charge is 0.389 e. The van der Waals surface area contributed by atoms with Crippen LogP contribution in [0.4, 0.5) is 10.1 Å². The number of anilines is 1. The summed E-state index contributed by atoms with van der Waals surface area (Å²) in [4.78, 5) is 2.34. The highest BCUT2D eigenvalue weighted by molar-refractivity contribution is 9.10. The molecule has 110 valence electrons. The maximum absolute atomic E-state index is 14.5. The van der Waals surface area contributed by atoms with Crippen LogP contribution in [-0.2, 0) is 0 Å². The molecule has 0 radical (unpaired) electrons. The fourth-order valence-electron chi connectivity index (χ4n) is 2.94. The van der Waals surface area contributed by atoms with Crippen LogP contribution in [0.25, 0.3) is 0 Å². The zero-order valence-corrected chi connectivity index (χ0v) is 14.3. The monoisotopic (exact) mass is 358 g/mol. The molecule has 2 rings (SSSR count). The van der Waals surface area contributed by atoms with Gasteiger partial charge in [0.15, 0.2) is 5.82 Å². The lowest BCUT2D eigenvalue weighted by molar-refractivity contribution is 0.301. The maximum atomic E-state index is 14.5. The van der Waals surface area contributed by atoms with Gasteiger partial charge in [0.1, 0.15) is 4.99 Å². The van der Waals surface area contributed by atoms with Crippen LogP contribution in [0.15, 0.2) is 16.6 Å². The molecule has 0 unspecified atom stereocenters. The molecule has 0 saturated carbocycles. The molecule has 0 aromatic heterocycles. The van der Waals surface area contributed by atoms with E-state index in [1.54, 1.807) is 12.1 Å². The third-order valence-electron chi connectivity index (χ3n) is 4.61. The van der Waals surface area contributed by atoms with Crippen LogP contribution < -0.4 is 10.6 Å². The van der Waals surface area contributed by atoms with E-state index in [1.165, 1.54) is 0 Å². The van der Waals surface area contributed by atoms with Gasteiger partial charge in [0.05, 0.1) is 10.2 Å². The topological polar surface area (TPSA) is 29.3 Å². The lowest BCUT2D eigenvalue weighted by Crippen LogP contribution is -2.27. The van der Waals surface area contributed by atoms with Crippen LogP contribution in [0.2, 0.25) is 0 Å². The Hall–Kier alpha value is -0.680. The first kappa shape index (κ1) is 15.7. The van der Waals surface area contributed by atoms with Gasteiger partial charge in [-0.2, -0.15) is 0 Å². The summed E-state index contributed by atoms with van der Waals surface area (Å²) in [5.74, 6) is -0.265. The average molecular weight is 359 g/mol. The smallest absolute Gasteiger partial charge is 0.161 e. The third kappa shape index (κ3) is 2.70. The summed E-state index contributed by atoms with van der Waals surface area (Å²) < 4.78 is 14.9. The Bertz CT molecular complexity index is 529. The second-order valence-electron chi connectivity index (χ2n) is 5.50.